The summed E-state index contributed by atoms with van der Waals surface area (Å²) in [6, 6.07) is 74.7. The van der Waals surface area contributed by atoms with E-state index in [1.165, 1.54) is 126 Å². The summed E-state index contributed by atoms with van der Waals surface area (Å²) in [6.45, 7) is 2.42. The molecule has 0 radical (unpaired) electrons. The summed E-state index contributed by atoms with van der Waals surface area (Å²) in [5.41, 5.74) is 9.86. The Balaban J connectivity index is 0.917. The minimum Gasteiger partial charge on any atom is -0.310 e. The minimum absolute atomic E-state index is 0.208. The third-order valence-electron chi connectivity index (χ3n) is 14.5. The lowest BCUT2D eigenvalue weighted by atomic mass is 9.73. The lowest BCUT2D eigenvalue weighted by Gasteiger charge is -2.31. The zero-order valence-corrected chi connectivity index (χ0v) is 34.8. The minimum atomic E-state index is -0.208. The van der Waals surface area contributed by atoms with Crippen molar-refractivity contribution in [1.29, 1.82) is 0 Å². The monoisotopic (exact) mass is 800 g/mol. The summed E-state index contributed by atoms with van der Waals surface area (Å²) in [5, 5.41) is 19.4. The van der Waals surface area contributed by atoms with E-state index in [2.05, 4.69) is 228 Å². The average Bonchev–Trinajstić information content (AvgIpc) is 3.86. The van der Waals surface area contributed by atoms with Crippen molar-refractivity contribution in [1.82, 2.24) is 9.13 Å². The summed E-state index contributed by atoms with van der Waals surface area (Å²) in [7, 11) is 0. The molecule has 2 nitrogen and oxygen atoms in total. The molecule has 2 aromatic heterocycles. The largest absolute Gasteiger partial charge is 0.310 e. The molecule has 0 saturated carbocycles. The van der Waals surface area contributed by atoms with Gasteiger partial charge in [0, 0.05) is 38.6 Å². The van der Waals surface area contributed by atoms with Crippen LogP contribution in [0.15, 0.2) is 206 Å². The highest BCUT2D eigenvalue weighted by molar-refractivity contribution is 6.27. The van der Waals surface area contributed by atoms with Crippen molar-refractivity contribution in [3.05, 3.63) is 223 Å². The molecule has 2 heteroatoms. The number of nitrogens with zero attached hydrogens (tertiary/aromatic N) is 2. The van der Waals surface area contributed by atoms with E-state index in [-0.39, 0.29) is 5.41 Å². The normalized spacial score (nSPS) is 15.3. The average molecular weight is 801 g/mol. The third-order valence-corrected chi connectivity index (χ3v) is 14.5. The quantitative estimate of drug-likeness (QED) is 0.158. The molecule has 13 aromatic rings. The van der Waals surface area contributed by atoms with Crippen molar-refractivity contribution >= 4 is 103 Å². The topological polar surface area (TPSA) is 9.86 Å². The van der Waals surface area contributed by atoms with E-state index in [9.17, 15) is 0 Å². The van der Waals surface area contributed by atoms with Gasteiger partial charge in [-0.2, -0.15) is 0 Å². The molecule has 1 aliphatic rings. The van der Waals surface area contributed by atoms with Crippen LogP contribution in [0.2, 0.25) is 0 Å². The van der Waals surface area contributed by atoms with Crippen LogP contribution in [0.3, 0.4) is 0 Å². The van der Waals surface area contributed by atoms with Crippen LogP contribution in [0.25, 0.3) is 115 Å². The number of rotatable bonds is 3. The Bertz CT molecular complexity index is 4070. The van der Waals surface area contributed by atoms with Gasteiger partial charge in [-0.1, -0.05) is 165 Å². The number of para-hydroxylation sites is 2. The fraction of sp³-hybridized carbons (Fsp3) is 0.0492. The van der Waals surface area contributed by atoms with E-state index < -0.39 is 0 Å². The molecular weight excluding hydrogens is 761 g/mol. The van der Waals surface area contributed by atoms with Crippen LogP contribution in [0.4, 0.5) is 0 Å². The third kappa shape index (κ3) is 4.84. The Morgan fingerprint density at radius 2 is 0.730 bits per heavy atom. The van der Waals surface area contributed by atoms with Gasteiger partial charge in [0.25, 0.3) is 0 Å². The molecule has 1 atom stereocenters. The second-order valence-electron chi connectivity index (χ2n) is 17.9. The summed E-state index contributed by atoms with van der Waals surface area (Å²) >= 11 is 0. The first-order valence-corrected chi connectivity index (χ1v) is 22.1. The van der Waals surface area contributed by atoms with Crippen LogP contribution in [-0.4, -0.2) is 9.13 Å². The van der Waals surface area contributed by atoms with E-state index in [1.807, 2.05) is 0 Å². The van der Waals surface area contributed by atoms with E-state index >= 15 is 0 Å². The molecule has 0 N–H and O–H groups in total. The molecule has 63 heavy (non-hydrogen) atoms. The molecule has 2 heterocycles. The summed E-state index contributed by atoms with van der Waals surface area (Å²) < 4.78 is 4.97. The van der Waals surface area contributed by atoms with Gasteiger partial charge in [0.15, 0.2) is 0 Å². The molecule has 0 saturated heterocycles. The van der Waals surface area contributed by atoms with Crippen LogP contribution in [0.1, 0.15) is 23.7 Å². The Kier molecular flexibility index (Phi) is 7.06. The standard InChI is InChI=1S/C61H40N2/c1-61(33-32-60-56(37-61)52-23-11-13-25-58(52)63(60)40-28-30-50-46-19-5-3-15-42(46)44-17-7-9-21-48(44)54(50)36-40)38-26-31-59-55(34-38)51-22-10-12-24-57(51)62(59)39-27-29-49-45-18-4-2-14-41(45)43-16-6-8-20-47(43)53(49)35-39/h2-36H,37H2,1H3. The van der Waals surface area contributed by atoms with Crippen molar-refractivity contribution in [2.24, 2.45) is 0 Å². The maximum atomic E-state index is 2.50. The second-order valence-corrected chi connectivity index (χ2v) is 17.9. The Hall–Kier alpha value is -7.94. The van der Waals surface area contributed by atoms with Gasteiger partial charge in [-0.25, -0.2) is 0 Å². The maximum Gasteiger partial charge on any atom is 0.0541 e. The zero-order valence-electron chi connectivity index (χ0n) is 34.8. The van der Waals surface area contributed by atoms with Gasteiger partial charge in [-0.15, -0.1) is 0 Å². The van der Waals surface area contributed by atoms with Gasteiger partial charge in [0.1, 0.15) is 0 Å². The first-order chi connectivity index (χ1) is 31.1. The van der Waals surface area contributed by atoms with Crippen LogP contribution in [-0.2, 0) is 11.8 Å². The maximum absolute atomic E-state index is 2.50. The molecule has 0 spiro atoms. The Morgan fingerprint density at radius 3 is 1.25 bits per heavy atom. The molecule has 1 aliphatic carbocycles. The first-order valence-electron chi connectivity index (χ1n) is 22.1. The molecular formula is C61H40N2. The van der Waals surface area contributed by atoms with Crippen molar-refractivity contribution < 1.29 is 0 Å². The van der Waals surface area contributed by atoms with E-state index in [0.29, 0.717) is 0 Å². The number of fused-ring (bicyclic) bond motifs is 18. The number of hydrogen-bond donors (Lipinski definition) is 0. The van der Waals surface area contributed by atoms with Crippen LogP contribution in [0.5, 0.6) is 0 Å². The van der Waals surface area contributed by atoms with Crippen molar-refractivity contribution in [3.63, 3.8) is 0 Å². The van der Waals surface area contributed by atoms with Crippen molar-refractivity contribution in [2.75, 3.05) is 0 Å². The molecule has 294 valence electrons. The lowest BCUT2D eigenvalue weighted by Crippen LogP contribution is -2.25. The Labute approximate surface area is 364 Å². The molecule has 0 aliphatic heterocycles. The molecule has 0 bridgehead atoms. The highest BCUT2D eigenvalue weighted by Gasteiger charge is 2.32. The fourth-order valence-corrected chi connectivity index (χ4v) is 11.5. The molecule has 11 aromatic carbocycles. The van der Waals surface area contributed by atoms with Crippen molar-refractivity contribution in [3.8, 4) is 11.4 Å². The first kappa shape index (κ1) is 34.7. The van der Waals surface area contributed by atoms with E-state index in [4.69, 9.17) is 0 Å². The van der Waals surface area contributed by atoms with Gasteiger partial charge in [0.2, 0.25) is 0 Å². The summed E-state index contributed by atoms with van der Waals surface area (Å²) in [5.74, 6) is 0. The van der Waals surface area contributed by atoms with Gasteiger partial charge in [0.05, 0.1) is 16.6 Å². The predicted octanol–water partition coefficient (Wildman–Crippen LogP) is 16.2. The highest BCUT2D eigenvalue weighted by atomic mass is 15.0. The van der Waals surface area contributed by atoms with Gasteiger partial charge in [-0.3, -0.25) is 0 Å². The molecule has 1 unspecified atom stereocenters. The highest BCUT2D eigenvalue weighted by Crippen LogP contribution is 2.45. The predicted molar refractivity (Wildman–Crippen MR) is 269 cm³/mol. The van der Waals surface area contributed by atoms with Gasteiger partial charge in [-0.05, 0) is 137 Å². The number of aromatic nitrogens is 2. The second kappa shape index (κ2) is 12.8. The smallest absolute Gasteiger partial charge is 0.0541 e. The SMILES string of the molecule is CC1(c2ccc3c(c2)c2ccccc2n3-c2ccc3c4ccccc4c4ccccc4c3c2)C=Cc2c(c3ccccc3n2-c2ccc3c4ccccc4c4ccccc4c3c2)C1. The molecule has 0 amide bonds. The number of benzene rings is 11. The number of hydrogen-bond acceptors (Lipinski definition) is 0. The van der Waals surface area contributed by atoms with E-state index in [1.54, 1.807) is 0 Å². The fourth-order valence-electron chi connectivity index (χ4n) is 11.5. The zero-order chi connectivity index (χ0) is 41.4. The van der Waals surface area contributed by atoms with Gasteiger partial charge >= 0.3 is 0 Å². The van der Waals surface area contributed by atoms with Crippen LogP contribution in [0, 0.1) is 0 Å². The summed E-state index contributed by atoms with van der Waals surface area (Å²) in [4.78, 5) is 0. The van der Waals surface area contributed by atoms with Crippen molar-refractivity contribution in [2.45, 2.75) is 18.8 Å². The molecule has 14 rings (SSSR count). The Morgan fingerprint density at radius 1 is 0.333 bits per heavy atom. The number of allylic oxidation sites excluding steroid dienone is 1. The van der Waals surface area contributed by atoms with E-state index in [0.717, 1.165) is 6.42 Å². The molecule has 0 fully saturated rings. The summed E-state index contributed by atoms with van der Waals surface area (Å²) in [6.07, 6.45) is 5.77. The van der Waals surface area contributed by atoms with Crippen LogP contribution >= 0.6 is 0 Å². The lowest BCUT2D eigenvalue weighted by molar-refractivity contribution is 0.589. The van der Waals surface area contributed by atoms with Gasteiger partial charge < -0.3 is 9.13 Å². The van der Waals surface area contributed by atoms with Crippen LogP contribution < -0.4 is 0 Å².